The van der Waals surface area contributed by atoms with Gasteiger partial charge in [0.15, 0.2) is 12.1 Å². The van der Waals surface area contributed by atoms with Gasteiger partial charge in [-0.2, -0.15) is 0 Å². The first-order valence-electron chi connectivity index (χ1n) is 14.8. The first-order valence-corrected chi connectivity index (χ1v) is 14.8. The minimum Gasteiger partial charge on any atom is -0.494 e. The van der Waals surface area contributed by atoms with E-state index in [9.17, 15) is 59.4 Å². The van der Waals surface area contributed by atoms with Crippen LogP contribution in [0, 0.1) is 0 Å². The van der Waals surface area contributed by atoms with Gasteiger partial charge in [0, 0.05) is 6.42 Å². The number of β-lactam (4-membered cyclic amide) rings is 1. The highest BCUT2D eigenvalue weighted by atomic mass is 16.7. The van der Waals surface area contributed by atoms with Gasteiger partial charge in [-0.25, -0.2) is 9.59 Å². The predicted octanol–water partition coefficient (Wildman–Crippen LogP) is -3.60. The Morgan fingerprint density at radius 1 is 0.940 bits per heavy atom. The number of benzene rings is 2. The number of amides is 3. The zero-order chi connectivity index (χ0) is 36.9. The average Bonchev–Trinajstić information content (AvgIpc) is 3.07. The molecule has 2 aromatic carbocycles. The van der Waals surface area contributed by atoms with Crippen molar-refractivity contribution >= 4 is 36.1 Å². The summed E-state index contributed by atoms with van der Waals surface area (Å²) < 4.78 is 15.9. The molecule has 270 valence electrons. The molecule has 20 nitrogen and oxygen atoms in total. The van der Waals surface area contributed by atoms with Gasteiger partial charge in [-0.3, -0.25) is 19.2 Å². The second-order valence-electron chi connectivity index (χ2n) is 11.3. The topological polar surface area (TPSA) is 325 Å². The van der Waals surface area contributed by atoms with Crippen molar-refractivity contribution in [1.29, 1.82) is 0 Å². The molecule has 2 saturated heterocycles. The van der Waals surface area contributed by atoms with E-state index in [1.807, 2.05) is 0 Å². The Labute approximate surface area is 281 Å². The first kappa shape index (κ1) is 37.4. The maximum absolute atomic E-state index is 13.1. The Morgan fingerprint density at radius 3 is 2.08 bits per heavy atom. The van der Waals surface area contributed by atoms with Gasteiger partial charge in [0.1, 0.15) is 41.9 Å². The second kappa shape index (κ2) is 15.4. The molecular weight excluding hydrogens is 672 g/mol. The highest BCUT2D eigenvalue weighted by molar-refractivity contribution is 5.99. The number of nitrogens with two attached hydrogens (primary N) is 1. The quantitative estimate of drug-likeness (QED) is 0.0458. The van der Waals surface area contributed by atoms with Crippen LogP contribution < -0.4 is 25.8 Å². The minimum atomic E-state index is -2.54. The SMILES string of the molecule is N[C@H](CCOc1ccc([C@@H](NC=O)C(=O)N[C@@]2(O)CN([C@@H](C(=O)O)c3ccc(O[C@H]4O[C@@H](C(=O)O)[C@@H](O)[C@H](O)[C@H]4O)cc3)C2=O)cc1)C(=O)O. The number of hydrogen-bond acceptors (Lipinski definition) is 14. The number of nitrogens with zero attached hydrogens (tertiary/aromatic N) is 1. The number of carboxylic acid groups (broad SMARTS) is 3. The first-order chi connectivity index (χ1) is 23.6. The summed E-state index contributed by atoms with van der Waals surface area (Å²) in [5, 5.41) is 73.2. The van der Waals surface area contributed by atoms with E-state index < -0.39 is 90.8 Å². The normalized spacial score (nSPS) is 26.4. The smallest absolute Gasteiger partial charge is 0.335 e. The number of ether oxygens (including phenoxy) is 3. The molecule has 2 fully saturated rings. The molecule has 0 unspecified atom stereocenters. The number of likely N-dealkylation sites (tertiary alicyclic amines) is 1. The van der Waals surface area contributed by atoms with Crippen LogP contribution in [0.25, 0.3) is 0 Å². The van der Waals surface area contributed by atoms with Crippen molar-refractivity contribution in [3.05, 3.63) is 59.7 Å². The van der Waals surface area contributed by atoms with Crippen LogP contribution in [0.5, 0.6) is 11.5 Å². The highest BCUT2D eigenvalue weighted by Crippen LogP contribution is 2.34. The van der Waals surface area contributed by atoms with E-state index in [2.05, 4.69) is 10.6 Å². The molecule has 9 atom stereocenters. The minimum absolute atomic E-state index is 0.00306. The maximum atomic E-state index is 13.1. The number of carbonyl (C=O) groups is 6. The van der Waals surface area contributed by atoms with Crippen molar-refractivity contribution in [3.8, 4) is 11.5 Å². The van der Waals surface area contributed by atoms with Crippen LogP contribution in [-0.2, 0) is 33.5 Å². The number of aliphatic hydroxyl groups is 4. The Bertz CT molecular complexity index is 1590. The lowest BCUT2D eigenvalue weighted by Gasteiger charge is -2.47. The summed E-state index contributed by atoms with van der Waals surface area (Å²) >= 11 is 0. The molecule has 0 aliphatic carbocycles. The maximum Gasteiger partial charge on any atom is 0.335 e. The molecule has 2 aliphatic rings. The molecular formula is C30H34N4O16. The third kappa shape index (κ3) is 8.07. The Morgan fingerprint density at radius 2 is 1.54 bits per heavy atom. The van der Waals surface area contributed by atoms with Crippen LogP contribution in [0.4, 0.5) is 0 Å². The number of aliphatic hydroxyl groups excluding tert-OH is 3. The van der Waals surface area contributed by atoms with Crippen molar-refractivity contribution in [3.63, 3.8) is 0 Å². The van der Waals surface area contributed by atoms with E-state index in [1.54, 1.807) is 0 Å². The van der Waals surface area contributed by atoms with Crippen LogP contribution >= 0.6 is 0 Å². The molecule has 0 saturated carbocycles. The molecule has 0 radical (unpaired) electrons. The lowest BCUT2D eigenvalue weighted by molar-refractivity contribution is -0.271. The molecule has 2 heterocycles. The fraction of sp³-hybridized carbons (Fsp3) is 0.400. The van der Waals surface area contributed by atoms with Crippen molar-refractivity contribution in [2.75, 3.05) is 13.2 Å². The Kier molecular flexibility index (Phi) is 11.6. The molecule has 50 heavy (non-hydrogen) atoms. The summed E-state index contributed by atoms with van der Waals surface area (Å²) in [5.41, 5.74) is 3.10. The number of rotatable bonds is 16. The fourth-order valence-corrected chi connectivity index (χ4v) is 5.15. The van der Waals surface area contributed by atoms with E-state index in [0.29, 0.717) is 5.75 Å². The lowest BCUT2D eigenvalue weighted by atomic mass is 9.94. The monoisotopic (exact) mass is 706 g/mol. The zero-order valence-corrected chi connectivity index (χ0v) is 25.8. The molecule has 3 amide bonds. The molecule has 20 heteroatoms. The molecule has 0 spiro atoms. The summed E-state index contributed by atoms with van der Waals surface area (Å²) in [5.74, 6) is -6.31. The zero-order valence-electron chi connectivity index (χ0n) is 25.8. The summed E-state index contributed by atoms with van der Waals surface area (Å²) in [6.07, 6.45) is -9.13. The summed E-state index contributed by atoms with van der Waals surface area (Å²) in [7, 11) is 0. The van der Waals surface area contributed by atoms with E-state index >= 15 is 0 Å². The van der Waals surface area contributed by atoms with Gasteiger partial charge in [0.25, 0.3) is 5.91 Å². The van der Waals surface area contributed by atoms with Crippen LogP contribution in [0.3, 0.4) is 0 Å². The van der Waals surface area contributed by atoms with Crippen LogP contribution in [0.1, 0.15) is 29.6 Å². The van der Waals surface area contributed by atoms with Gasteiger partial charge in [-0.15, -0.1) is 0 Å². The lowest BCUT2D eigenvalue weighted by Crippen LogP contribution is -2.75. The summed E-state index contributed by atoms with van der Waals surface area (Å²) in [6.45, 7) is -0.694. The van der Waals surface area contributed by atoms with Gasteiger partial charge in [0.2, 0.25) is 24.3 Å². The van der Waals surface area contributed by atoms with Crippen LogP contribution in [-0.4, -0.2) is 132 Å². The van der Waals surface area contributed by atoms with E-state index in [4.69, 9.17) is 25.1 Å². The number of carboxylic acids is 3. The van der Waals surface area contributed by atoms with Gasteiger partial charge in [-0.1, -0.05) is 24.3 Å². The summed E-state index contributed by atoms with van der Waals surface area (Å²) in [4.78, 5) is 72.6. The molecule has 2 aliphatic heterocycles. The van der Waals surface area contributed by atoms with E-state index in [1.165, 1.54) is 48.5 Å². The number of β-amino-alcohol motifs (C(OH)–C–C–N with tert-alkyl or cyclic N) is 1. The van der Waals surface area contributed by atoms with E-state index in [0.717, 1.165) is 4.90 Å². The second-order valence-corrected chi connectivity index (χ2v) is 11.3. The van der Waals surface area contributed by atoms with Crippen molar-refractivity contribution < 1.29 is 78.7 Å². The average molecular weight is 707 g/mol. The van der Waals surface area contributed by atoms with Crippen molar-refractivity contribution in [2.24, 2.45) is 5.73 Å². The van der Waals surface area contributed by atoms with Gasteiger partial charge in [-0.05, 0) is 35.4 Å². The fourth-order valence-electron chi connectivity index (χ4n) is 5.15. The molecule has 4 rings (SSSR count). The number of nitrogens with one attached hydrogen (secondary N) is 2. The van der Waals surface area contributed by atoms with Crippen LogP contribution in [0.15, 0.2) is 48.5 Å². The van der Waals surface area contributed by atoms with Gasteiger partial charge < -0.3 is 71.2 Å². The molecule has 2 aromatic rings. The van der Waals surface area contributed by atoms with Gasteiger partial charge >= 0.3 is 17.9 Å². The van der Waals surface area contributed by atoms with Crippen molar-refractivity contribution in [2.45, 2.75) is 61.0 Å². The van der Waals surface area contributed by atoms with E-state index in [-0.39, 0.29) is 36.3 Å². The number of hydrogen-bond donors (Lipinski definition) is 10. The van der Waals surface area contributed by atoms with Gasteiger partial charge in [0.05, 0.1) is 13.2 Å². The molecule has 0 bridgehead atoms. The summed E-state index contributed by atoms with van der Waals surface area (Å²) in [6, 6.07) is 6.29. The van der Waals surface area contributed by atoms with Crippen LogP contribution in [0.2, 0.25) is 0 Å². The standard InChI is InChI=1S/C30H34N4O16/c31-17(25(40)41)9-10-48-15-5-1-13(2-6-15)18(32-12-35)24(39)33-30(47)11-34(29(30)46)19(26(42)43)14-3-7-16(8-4-14)49-28-22(38)20(36)21(37)23(50-28)27(44)45/h1-8,12,17-23,28,36-38,47H,9-11,31H2,(H,32,35)(H,33,39)(H,40,41)(H,42,43)(H,44,45)/t17-,18-,19-,20+,21+,22-,23-,28+,30-/m1/s1. The predicted molar refractivity (Wildman–Crippen MR) is 161 cm³/mol. The Hall–Kier alpha value is -5.38. The number of carbonyl (C=O) groups excluding carboxylic acids is 3. The number of aliphatic carboxylic acids is 3. The van der Waals surface area contributed by atoms with Crippen molar-refractivity contribution in [1.82, 2.24) is 15.5 Å². The highest BCUT2D eigenvalue weighted by Gasteiger charge is 2.57. The largest absolute Gasteiger partial charge is 0.494 e. The third-order valence-corrected chi connectivity index (χ3v) is 7.88. The molecule has 11 N–H and O–H groups in total. The molecule has 0 aromatic heterocycles. The third-order valence-electron chi connectivity index (χ3n) is 7.88. The Balaban J connectivity index is 1.39.